The summed E-state index contributed by atoms with van der Waals surface area (Å²) in [5.74, 6) is 1.72. The molecule has 0 radical (unpaired) electrons. The predicted octanol–water partition coefficient (Wildman–Crippen LogP) is 2.86. The number of nitrogens with one attached hydrogen (secondary N) is 2. The fourth-order valence-corrected chi connectivity index (χ4v) is 1.99. The van der Waals surface area contributed by atoms with Gasteiger partial charge in [-0.15, -0.1) is 0 Å². The number of halogens is 1. The van der Waals surface area contributed by atoms with Crippen molar-refractivity contribution in [1.29, 1.82) is 0 Å². The molecular formula is C15H20ClN5O. The Morgan fingerprint density at radius 3 is 2.91 bits per heavy atom. The molecule has 0 spiro atoms. The SMILES string of the molecule is CCCNC(=NCc1nc(-c2cccc(Cl)c2)no1)NCC. The van der Waals surface area contributed by atoms with Crippen LogP contribution in [0.15, 0.2) is 33.8 Å². The fourth-order valence-electron chi connectivity index (χ4n) is 1.80. The van der Waals surface area contributed by atoms with Crippen LogP contribution in [0.2, 0.25) is 5.02 Å². The summed E-state index contributed by atoms with van der Waals surface area (Å²) in [6.45, 7) is 6.11. The minimum absolute atomic E-state index is 0.326. The van der Waals surface area contributed by atoms with Crippen LogP contribution in [0.25, 0.3) is 11.4 Å². The van der Waals surface area contributed by atoms with E-state index in [0.29, 0.717) is 23.3 Å². The normalized spacial score (nSPS) is 11.5. The van der Waals surface area contributed by atoms with Crippen LogP contribution in [0, 0.1) is 0 Å². The average molecular weight is 322 g/mol. The van der Waals surface area contributed by atoms with E-state index in [1.54, 1.807) is 12.1 Å². The van der Waals surface area contributed by atoms with Crippen LogP contribution in [0.5, 0.6) is 0 Å². The molecule has 22 heavy (non-hydrogen) atoms. The number of aromatic nitrogens is 2. The van der Waals surface area contributed by atoms with Crippen molar-refractivity contribution in [3.05, 3.63) is 35.2 Å². The summed E-state index contributed by atoms with van der Waals surface area (Å²) in [5, 5.41) is 11.0. The Labute approximate surface area is 135 Å². The maximum absolute atomic E-state index is 5.96. The molecule has 1 aromatic carbocycles. The zero-order chi connectivity index (χ0) is 15.8. The fraction of sp³-hybridized carbons (Fsp3) is 0.400. The zero-order valence-electron chi connectivity index (χ0n) is 12.8. The molecule has 2 N–H and O–H groups in total. The summed E-state index contributed by atoms with van der Waals surface area (Å²) in [4.78, 5) is 8.75. The molecule has 0 amide bonds. The Balaban J connectivity index is 2.04. The van der Waals surface area contributed by atoms with Gasteiger partial charge in [0.1, 0.15) is 6.54 Å². The third kappa shape index (κ3) is 4.73. The molecule has 2 rings (SSSR count). The van der Waals surface area contributed by atoms with Gasteiger partial charge in [0.05, 0.1) is 0 Å². The lowest BCUT2D eigenvalue weighted by atomic mass is 10.2. The summed E-state index contributed by atoms with van der Waals surface area (Å²) in [6, 6.07) is 7.34. The van der Waals surface area contributed by atoms with Crippen molar-refractivity contribution in [3.63, 3.8) is 0 Å². The van der Waals surface area contributed by atoms with Gasteiger partial charge >= 0.3 is 0 Å². The summed E-state index contributed by atoms with van der Waals surface area (Å²) < 4.78 is 5.23. The van der Waals surface area contributed by atoms with Crippen LogP contribution in [-0.2, 0) is 6.54 Å². The van der Waals surface area contributed by atoms with E-state index < -0.39 is 0 Å². The van der Waals surface area contributed by atoms with Gasteiger partial charge in [-0.05, 0) is 25.5 Å². The van der Waals surface area contributed by atoms with E-state index in [1.165, 1.54) is 0 Å². The van der Waals surface area contributed by atoms with Gasteiger partial charge in [0, 0.05) is 23.7 Å². The predicted molar refractivity (Wildman–Crippen MR) is 87.9 cm³/mol. The second kappa shape index (κ2) is 8.38. The highest BCUT2D eigenvalue weighted by Gasteiger charge is 2.08. The standard InChI is InChI=1S/C15H20ClN5O/c1-3-8-18-15(17-4-2)19-10-13-20-14(21-22-13)11-6-5-7-12(16)9-11/h5-7,9H,3-4,8,10H2,1-2H3,(H2,17,18,19). The number of aliphatic imine (C=N–C) groups is 1. The maximum atomic E-state index is 5.96. The van der Waals surface area contributed by atoms with Crippen molar-refractivity contribution >= 4 is 17.6 Å². The summed E-state index contributed by atoms with van der Waals surface area (Å²) in [5.41, 5.74) is 0.822. The van der Waals surface area contributed by atoms with Gasteiger partial charge in [-0.1, -0.05) is 35.8 Å². The first-order chi connectivity index (χ1) is 10.7. The highest BCUT2D eigenvalue weighted by molar-refractivity contribution is 6.30. The van der Waals surface area contributed by atoms with Gasteiger partial charge in [-0.2, -0.15) is 4.98 Å². The van der Waals surface area contributed by atoms with Gasteiger partial charge in [0.25, 0.3) is 0 Å². The van der Waals surface area contributed by atoms with E-state index in [1.807, 2.05) is 19.1 Å². The van der Waals surface area contributed by atoms with E-state index in [9.17, 15) is 0 Å². The molecule has 1 heterocycles. The summed E-state index contributed by atoms with van der Waals surface area (Å²) in [7, 11) is 0. The van der Waals surface area contributed by atoms with Crippen LogP contribution in [0.1, 0.15) is 26.2 Å². The molecule has 0 atom stereocenters. The topological polar surface area (TPSA) is 75.3 Å². The van der Waals surface area contributed by atoms with Gasteiger partial charge < -0.3 is 15.2 Å². The van der Waals surface area contributed by atoms with Crippen molar-refractivity contribution in [1.82, 2.24) is 20.8 Å². The van der Waals surface area contributed by atoms with E-state index in [4.69, 9.17) is 16.1 Å². The van der Waals surface area contributed by atoms with E-state index in [0.717, 1.165) is 31.0 Å². The molecule has 0 aliphatic heterocycles. The van der Waals surface area contributed by atoms with Crippen LogP contribution < -0.4 is 10.6 Å². The Kier molecular flexibility index (Phi) is 6.21. The first kappa shape index (κ1) is 16.3. The van der Waals surface area contributed by atoms with Crippen LogP contribution in [-0.4, -0.2) is 29.2 Å². The summed E-state index contributed by atoms with van der Waals surface area (Å²) >= 11 is 5.96. The maximum Gasteiger partial charge on any atom is 0.248 e. The Hall–Kier alpha value is -2.08. The molecule has 0 aliphatic rings. The molecule has 118 valence electrons. The molecule has 0 aliphatic carbocycles. The van der Waals surface area contributed by atoms with Crippen molar-refractivity contribution in [3.8, 4) is 11.4 Å². The van der Waals surface area contributed by atoms with E-state index in [-0.39, 0.29) is 0 Å². The lowest BCUT2D eigenvalue weighted by Crippen LogP contribution is -2.37. The second-order valence-electron chi connectivity index (χ2n) is 4.64. The van der Waals surface area contributed by atoms with Crippen LogP contribution >= 0.6 is 11.6 Å². The highest BCUT2D eigenvalue weighted by atomic mass is 35.5. The first-order valence-electron chi connectivity index (χ1n) is 7.33. The lowest BCUT2D eigenvalue weighted by Gasteiger charge is -2.09. The molecule has 2 aromatic rings. The number of rotatable bonds is 6. The van der Waals surface area contributed by atoms with Crippen molar-refractivity contribution in [2.24, 2.45) is 4.99 Å². The molecule has 0 fully saturated rings. The molecule has 0 saturated heterocycles. The number of hydrogen-bond acceptors (Lipinski definition) is 4. The largest absolute Gasteiger partial charge is 0.357 e. The molecule has 0 unspecified atom stereocenters. The van der Waals surface area contributed by atoms with Crippen molar-refractivity contribution in [2.45, 2.75) is 26.8 Å². The Morgan fingerprint density at radius 2 is 2.18 bits per heavy atom. The first-order valence-corrected chi connectivity index (χ1v) is 7.71. The molecular weight excluding hydrogens is 302 g/mol. The number of benzene rings is 1. The Morgan fingerprint density at radius 1 is 1.32 bits per heavy atom. The van der Waals surface area contributed by atoms with Crippen molar-refractivity contribution < 1.29 is 4.52 Å². The third-order valence-corrected chi connectivity index (χ3v) is 3.05. The van der Waals surface area contributed by atoms with Gasteiger partial charge in [0.2, 0.25) is 11.7 Å². The molecule has 0 bridgehead atoms. The molecule has 6 nitrogen and oxygen atoms in total. The second-order valence-corrected chi connectivity index (χ2v) is 5.08. The number of nitrogens with zero attached hydrogens (tertiary/aromatic N) is 3. The monoisotopic (exact) mass is 321 g/mol. The van der Waals surface area contributed by atoms with Gasteiger partial charge in [0.15, 0.2) is 5.96 Å². The number of hydrogen-bond donors (Lipinski definition) is 2. The van der Waals surface area contributed by atoms with E-state index >= 15 is 0 Å². The minimum Gasteiger partial charge on any atom is -0.357 e. The molecule has 0 saturated carbocycles. The smallest absolute Gasteiger partial charge is 0.248 e. The highest BCUT2D eigenvalue weighted by Crippen LogP contribution is 2.19. The molecule has 1 aromatic heterocycles. The van der Waals surface area contributed by atoms with Gasteiger partial charge in [-0.3, -0.25) is 0 Å². The van der Waals surface area contributed by atoms with Gasteiger partial charge in [-0.25, -0.2) is 4.99 Å². The molecule has 7 heteroatoms. The minimum atomic E-state index is 0.326. The van der Waals surface area contributed by atoms with Crippen LogP contribution in [0.4, 0.5) is 0 Å². The third-order valence-electron chi connectivity index (χ3n) is 2.81. The quantitative estimate of drug-likeness (QED) is 0.632. The average Bonchev–Trinajstić information content (AvgIpc) is 2.99. The Bertz CT molecular complexity index is 626. The van der Waals surface area contributed by atoms with Crippen LogP contribution in [0.3, 0.4) is 0 Å². The van der Waals surface area contributed by atoms with E-state index in [2.05, 4.69) is 32.7 Å². The lowest BCUT2D eigenvalue weighted by molar-refractivity contribution is 0.380. The number of guanidine groups is 1. The summed E-state index contributed by atoms with van der Waals surface area (Å²) in [6.07, 6.45) is 1.03. The zero-order valence-corrected chi connectivity index (χ0v) is 13.5. The van der Waals surface area contributed by atoms with Crippen molar-refractivity contribution in [2.75, 3.05) is 13.1 Å².